The van der Waals surface area contributed by atoms with Crippen molar-refractivity contribution >= 4 is 26.7 Å². The first-order valence-corrected chi connectivity index (χ1v) is 8.32. The lowest BCUT2D eigenvalue weighted by molar-refractivity contribution is 0.796. The topological polar surface area (TPSA) is 0 Å². The number of halogens is 1. The van der Waals surface area contributed by atoms with Crippen molar-refractivity contribution in [3.63, 3.8) is 0 Å². The van der Waals surface area contributed by atoms with Crippen LogP contribution in [0.1, 0.15) is 23.5 Å². The van der Waals surface area contributed by atoms with Gasteiger partial charge in [0, 0.05) is 4.47 Å². The van der Waals surface area contributed by atoms with Crippen molar-refractivity contribution in [2.24, 2.45) is 5.92 Å². The minimum atomic E-state index is 0.754. The predicted molar refractivity (Wildman–Crippen MR) is 92.6 cm³/mol. The second-order valence-electron chi connectivity index (χ2n) is 6.04. The molecule has 0 N–H and O–H groups in total. The summed E-state index contributed by atoms with van der Waals surface area (Å²) in [6.45, 7) is 0. The summed E-state index contributed by atoms with van der Waals surface area (Å²) < 4.78 is 1.16. The second-order valence-corrected chi connectivity index (χ2v) is 6.96. The van der Waals surface area contributed by atoms with Gasteiger partial charge in [-0.3, -0.25) is 0 Å². The Morgan fingerprint density at radius 2 is 1.62 bits per heavy atom. The molecule has 2 atom stereocenters. The van der Waals surface area contributed by atoms with E-state index in [-0.39, 0.29) is 0 Å². The summed E-state index contributed by atoms with van der Waals surface area (Å²) in [6, 6.07) is 24.3. The average Bonchev–Trinajstić information content (AvgIpc) is 3.27. The van der Waals surface area contributed by atoms with Gasteiger partial charge in [-0.25, -0.2) is 0 Å². The highest BCUT2D eigenvalue weighted by atomic mass is 79.9. The number of fused-ring (bicyclic) bond motifs is 1. The van der Waals surface area contributed by atoms with Crippen LogP contribution in [0.15, 0.2) is 71.2 Å². The molecule has 0 spiro atoms. The fourth-order valence-electron chi connectivity index (χ4n) is 3.26. The van der Waals surface area contributed by atoms with Crippen molar-refractivity contribution in [2.45, 2.75) is 18.8 Å². The highest BCUT2D eigenvalue weighted by molar-refractivity contribution is 9.10. The van der Waals surface area contributed by atoms with Gasteiger partial charge in [-0.1, -0.05) is 70.5 Å². The molecule has 2 unspecified atom stereocenters. The Morgan fingerprint density at radius 1 is 0.857 bits per heavy atom. The van der Waals surface area contributed by atoms with Gasteiger partial charge in [-0.2, -0.15) is 0 Å². The molecule has 1 fully saturated rings. The van der Waals surface area contributed by atoms with Crippen molar-refractivity contribution in [2.75, 3.05) is 0 Å². The van der Waals surface area contributed by atoms with E-state index in [9.17, 15) is 0 Å². The Morgan fingerprint density at radius 3 is 2.43 bits per heavy atom. The first-order valence-electron chi connectivity index (χ1n) is 7.53. The van der Waals surface area contributed by atoms with Gasteiger partial charge in [0.15, 0.2) is 0 Å². The van der Waals surface area contributed by atoms with Gasteiger partial charge in [0.05, 0.1) is 0 Å². The van der Waals surface area contributed by atoms with Crippen LogP contribution in [0.3, 0.4) is 0 Å². The van der Waals surface area contributed by atoms with E-state index in [1.54, 1.807) is 0 Å². The van der Waals surface area contributed by atoms with E-state index < -0.39 is 0 Å². The standard InChI is InChI=1S/C20H17Br/c21-19-9-7-16(8-10-19)20-13-18(20)12-14-5-6-15-3-1-2-4-17(15)11-14/h1-11,18,20H,12-13H2. The van der Waals surface area contributed by atoms with Gasteiger partial charge in [-0.15, -0.1) is 0 Å². The highest BCUT2D eigenvalue weighted by Gasteiger charge is 2.37. The molecule has 3 aromatic rings. The fourth-order valence-corrected chi connectivity index (χ4v) is 3.52. The van der Waals surface area contributed by atoms with Crippen LogP contribution < -0.4 is 0 Å². The van der Waals surface area contributed by atoms with Crippen LogP contribution in [0.5, 0.6) is 0 Å². The fraction of sp³-hybridized carbons (Fsp3) is 0.200. The second kappa shape index (κ2) is 5.31. The highest BCUT2D eigenvalue weighted by Crippen LogP contribution is 2.49. The molecule has 21 heavy (non-hydrogen) atoms. The summed E-state index contributed by atoms with van der Waals surface area (Å²) in [5, 5.41) is 2.69. The third-order valence-electron chi connectivity index (χ3n) is 4.53. The Kier molecular flexibility index (Phi) is 3.31. The average molecular weight is 337 g/mol. The summed E-state index contributed by atoms with van der Waals surface area (Å²) in [6.07, 6.45) is 2.53. The molecule has 0 radical (unpaired) electrons. The molecule has 1 aliphatic carbocycles. The van der Waals surface area contributed by atoms with Crippen molar-refractivity contribution in [1.82, 2.24) is 0 Å². The zero-order valence-electron chi connectivity index (χ0n) is 11.8. The summed E-state index contributed by atoms with van der Waals surface area (Å²) in [5.74, 6) is 1.57. The molecule has 1 heteroatoms. The smallest absolute Gasteiger partial charge is 0.0175 e. The predicted octanol–water partition coefficient (Wildman–Crippen LogP) is 5.95. The summed E-state index contributed by atoms with van der Waals surface area (Å²) in [5.41, 5.74) is 2.96. The molecule has 104 valence electrons. The lowest BCUT2D eigenvalue weighted by atomic mass is 10.0. The Balaban J connectivity index is 1.50. The van der Waals surface area contributed by atoms with E-state index in [1.165, 1.54) is 34.7 Å². The molecule has 1 saturated carbocycles. The normalized spacial score (nSPS) is 20.6. The number of benzene rings is 3. The van der Waals surface area contributed by atoms with Crippen LogP contribution in [0, 0.1) is 5.92 Å². The minimum Gasteiger partial charge on any atom is -0.0616 e. The molecular formula is C20H17Br. The van der Waals surface area contributed by atoms with Crippen molar-refractivity contribution < 1.29 is 0 Å². The molecule has 3 aromatic carbocycles. The van der Waals surface area contributed by atoms with Crippen LogP contribution in [-0.4, -0.2) is 0 Å². The molecule has 0 bridgehead atoms. The number of hydrogen-bond acceptors (Lipinski definition) is 0. The summed E-state index contributed by atoms with van der Waals surface area (Å²) in [7, 11) is 0. The third-order valence-corrected chi connectivity index (χ3v) is 5.06. The molecule has 0 heterocycles. The number of rotatable bonds is 3. The van der Waals surface area contributed by atoms with Crippen LogP contribution in [0.2, 0.25) is 0 Å². The van der Waals surface area contributed by atoms with E-state index in [1.807, 2.05) is 0 Å². The van der Waals surface area contributed by atoms with Crippen molar-refractivity contribution in [3.05, 3.63) is 82.3 Å². The molecule has 4 rings (SSSR count). The molecular weight excluding hydrogens is 320 g/mol. The SMILES string of the molecule is Brc1ccc(C2CC2Cc2ccc3ccccc3c2)cc1. The monoisotopic (exact) mass is 336 g/mol. The van der Waals surface area contributed by atoms with Crippen LogP contribution >= 0.6 is 15.9 Å². The van der Waals surface area contributed by atoms with Crippen molar-refractivity contribution in [3.8, 4) is 0 Å². The van der Waals surface area contributed by atoms with Crippen molar-refractivity contribution in [1.29, 1.82) is 0 Å². The molecule has 0 aliphatic heterocycles. The van der Waals surface area contributed by atoms with Crippen LogP contribution in [-0.2, 0) is 6.42 Å². The van der Waals surface area contributed by atoms with Crippen LogP contribution in [0.25, 0.3) is 10.8 Å². The van der Waals surface area contributed by atoms with Gasteiger partial charge in [0.25, 0.3) is 0 Å². The zero-order valence-corrected chi connectivity index (χ0v) is 13.4. The summed E-state index contributed by atoms with van der Waals surface area (Å²) >= 11 is 3.51. The Hall–Kier alpha value is -1.60. The minimum absolute atomic E-state index is 0.754. The lowest BCUT2D eigenvalue weighted by Gasteiger charge is -2.04. The van der Waals surface area contributed by atoms with Gasteiger partial charge < -0.3 is 0 Å². The number of hydrogen-bond donors (Lipinski definition) is 0. The Bertz CT molecular complexity index is 773. The van der Waals surface area contributed by atoms with E-state index in [2.05, 4.69) is 82.7 Å². The maximum Gasteiger partial charge on any atom is 0.0175 e. The summed E-state index contributed by atoms with van der Waals surface area (Å²) in [4.78, 5) is 0. The largest absolute Gasteiger partial charge is 0.0616 e. The van der Waals surface area contributed by atoms with E-state index in [0.717, 1.165) is 16.3 Å². The third kappa shape index (κ3) is 2.75. The lowest BCUT2D eigenvalue weighted by Crippen LogP contribution is -1.90. The molecule has 0 amide bonds. The van der Waals surface area contributed by atoms with Gasteiger partial charge >= 0.3 is 0 Å². The molecule has 0 saturated heterocycles. The first-order chi connectivity index (χ1) is 10.3. The maximum atomic E-state index is 3.51. The molecule has 0 nitrogen and oxygen atoms in total. The molecule has 1 aliphatic rings. The molecule has 0 aromatic heterocycles. The van der Waals surface area contributed by atoms with E-state index in [4.69, 9.17) is 0 Å². The Labute approximate surface area is 133 Å². The van der Waals surface area contributed by atoms with E-state index in [0.29, 0.717) is 0 Å². The van der Waals surface area contributed by atoms with Gasteiger partial charge in [0.2, 0.25) is 0 Å². The van der Waals surface area contributed by atoms with Gasteiger partial charge in [0.1, 0.15) is 0 Å². The van der Waals surface area contributed by atoms with E-state index >= 15 is 0 Å². The quantitative estimate of drug-likeness (QED) is 0.554. The zero-order chi connectivity index (χ0) is 14.2. The maximum absolute atomic E-state index is 3.51. The first kappa shape index (κ1) is 13.1. The van der Waals surface area contributed by atoms with Gasteiger partial charge in [-0.05, 0) is 58.7 Å². The van der Waals surface area contributed by atoms with Crippen LogP contribution in [0.4, 0.5) is 0 Å².